The number of aromatic nitrogens is 4. The van der Waals surface area contributed by atoms with E-state index in [-0.39, 0.29) is 17.2 Å². The fourth-order valence-electron chi connectivity index (χ4n) is 4.02. The summed E-state index contributed by atoms with van der Waals surface area (Å²) in [6, 6.07) is 9.18. The van der Waals surface area contributed by atoms with E-state index < -0.39 is 0 Å². The van der Waals surface area contributed by atoms with E-state index in [1.807, 2.05) is 16.8 Å². The van der Waals surface area contributed by atoms with Gasteiger partial charge in [0, 0.05) is 30.8 Å². The second-order valence-electron chi connectivity index (χ2n) is 7.02. The summed E-state index contributed by atoms with van der Waals surface area (Å²) >= 11 is 0. The van der Waals surface area contributed by atoms with Gasteiger partial charge in [0.2, 0.25) is 0 Å². The molecule has 0 spiro atoms. The van der Waals surface area contributed by atoms with Gasteiger partial charge in [0.25, 0.3) is 11.1 Å². The molecule has 1 aliphatic carbocycles. The predicted octanol–water partition coefficient (Wildman–Crippen LogP) is 3.21. The highest BCUT2D eigenvalue weighted by molar-refractivity contribution is 5.91. The molecule has 4 heterocycles. The minimum absolute atomic E-state index is 0.0625. The Bertz CT molecular complexity index is 1270. The molecule has 6 heteroatoms. The van der Waals surface area contributed by atoms with Gasteiger partial charge < -0.3 is 4.57 Å². The van der Waals surface area contributed by atoms with Gasteiger partial charge in [-0.3, -0.25) is 19.1 Å². The summed E-state index contributed by atoms with van der Waals surface area (Å²) in [4.78, 5) is 34.6. The summed E-state index contributed by atoms with van der Waals surface area (Å²) < 4.78 is 3.36. The van der Waals surface area contributed by atoms with Gasteiger partial charge in [0.1, 0.15) is 0 Å². The van der Waals surface area contributed by atoms with Gasteiger partial charge >= 0.3 is 0 Å². The summed E-state index contributed by atoms with van der Waals surface area (Å²) in [5.74, 6) is 0. The number of hydrogen-bond acceptors (Lipinski definition) is 4. The molecule has 4 aromatic rings. The summed E-state index contributed by atoms with van der Waals surface area (Å²) in [6.45, 7) is 0. The number of pyridine rings is 4. The van der Waals surface area contributed by atoms with Crippen molar-refractivity contribution in [1.29, 1.82) is 0 Å². The van der Waals surface area contributed by atoms with Gasteiger partial charge in [-0.15, -0.1) is 0 Å². The lowest BCUT2D eigenvalue weighted by atomic mass is 10.1. The van der Waals surface area contributed by atoms with Gasteiger partial charge in [0.15, 0.2) is 0 Å². The smallest absolute Gasteiger partial charge is 0.264 e. The zero-order valence-corrected chi connectivity index (χ0v) is 14.7. The maximum Gasteiger partial charge on any atom is 0.264 e. The largest absolute Gasteiger partial charge is 0.312 e. The molecule has 5 rings (SSSR count). The Labute approximate surface area is 154 Å². The van der Waals surface area contributed by atoms with Crippen molar-refractivity contribution in [3.05, 3.63) is 75.8 Å². The van der Waals surface area contributed by atoms with Crippen molar-refractivity contribution in [2.75, 3.05) is 0 Å². The van der Waals surface area contributed by atoms with Crippen molar-refractivity contribution in [2.45, 2.75) is 31.7 Å². The molecule has 1 saturated carbocycles. The molecule has 0 radical (unpaired) electrons. The first kappa shape index (κ1) is 15.9. The fourth-order valence-corrected chi connectivity index (χ4v) is 4.02. The van der Waals surface area contributed by atoms with Gasteiger partial charge in [-0.2, -0.15) is 0 Å². The summed E-state index contributed by atoms with van der Waals surface area (Å²) in [5.41, 5.74) is 1.70. The summed E-state index contributed by atoms with van der Waals surface area (Å²) in [5, 5.41) is 0.949. The molecule has 27 heavy (non-hydrogen) atoms. The highest BCUT2D eigenvalue weighted by Crippen LogP contribution is 2.28. The van der Waals surface area contributed by atoms with Gasteiger partial charge in [-0.25, -0.2) is 4.98 Å². The molecule has 134 valence electrons. The zero-order valence-electron chi connectivity index (χ0n) is 14.7. The van der Waals surface area contributed by atoms with E-state index in [4.69, 9.17) is 0 Å². The van der Waals surface area contributed by atoms with Crippen LogP contribution in [0.2, 0.25) is 0 Å². The molecule has 1 aliphatic rings. The van der Waals surface area contributed by atoms with Crippen LogP contribution in [0.4, 0.5) is 0 Å². The molecule has 1 fully saturated rings. The van der Waals surface area contributed by atoms with Crippen LogP contribution in [-0.4, -0.2) is 19.1 Å². The van der Waals surface area contributed by atoms with Crippen molar-refractivity contribution in [3.63, 3.8) is 0 Å². The SMILES string of the molecule is O=c1c2cc3c(=O)n(C4CCCC4)ccc3nc2ccn1-c1ccncc1. The number of hydrogen-bond donors (Lipinski definition) is 0. The number of rotatable bonds is 2. The Kier molecular flexibility index (Phi) is 3.63. The lowest BCUT2D eigenvalue weighted by Crippen LogP contribution is -2.24. The van der Waals surface area contributed by atoms with E-state index >= 15 is 0 Å². The van der Waals surface area contributed by atoms with Crippen LogP contribution in [0.25, 0.3) is 27.5 Å². The highest BCUT2D eigenvalue weighted by atomic mass is 16.1. The van der Waals surface area contributed by atoms with Gasteiger partial charge in [-0.05, 0) is 43.2 Å². The molecule has 0 unspecified atom stereocenters. The van der Waals surface area contributed by atoms with E-state index in [2.05, 4.69) is 9.97 Å². The molecule has 0 bridgehead atoms. The van der Waals surface area contributed by atoms with Crippen molar-refractivity contribution in [3.8, 4) is 5.69 Å². The first-order valence-electron chi connectivity index (χ1n) is 9.20. The van der Waals surface area contributed by atoms with Crippen molar-refractivity contribution < 1.29 is 0 Å². The average Bonchev–Trinajstić information content (AvgIpc) is 3.23. The maximum absolute atomic E-state index is 13.0. The predicted molar refractivity (Wildman–Crippen MR) is 104 cm³/mol. The molecular weight excluding hydrogens is 340 g/mol. The highest BCUT2D eigenvalue weighted by Gasteiger charge is 2.19. The third-order valence-corrected chi connectivity index (χ3v) is 5.43. The summed E-state index contributed by atoms with van der Waals surface area (Å²) in [6.07, 6.45) is 11.2. The van der Waals surface area contributed by atoms with Crippen LogP contribution in [0.3, 0.4) is 0 Å². The molecule has 4 aromatic heterocycles. The van der Waals surface area contributed by atoms with E-state index in [1.54, 1.807) is 47.4 Å². The molecule has 6 nitrogen and oxygen atoms in total. The minimum atomic E-state index is -0.191. The molecular formula is C21H18N4O2. The Morgan fingerprint density at radius 1 is 0.852 bits per heavy atom. The normalized spacial score (nSPS) is 15.0. The second kappa shape index (κ2) is 6.16. The first-order valence-corrected chi connectivity index (χ1v) is 9.20. The number of fused-ring (bicyclic) bond motifs is 2. The number of nitrogens with zero attached hydrogens (tertiary/aromatic N) is 4. The molecule has 0 amide bonds. The van der Waals surface area contributed by atoms with Crippen molar-refractivity contribution >= 4 is 21.8 Å². The van der Waals surface area contributed by atoms with Crippen LogP contribution in [0.1, 0.15) is 31.7 Å². The van der Waals surface area contributed by atoms with Gasteiger partial charge in [-0.1, -0.05) is 12.8 Å². The van der Waals surface area contributed by atoms with Crippen LogP contribution in [0.5, 0.6) is 0 Å². The third kappa shape index (κ3) is 2.56. The lowest BCUT2D eigenvalue weighted by molar-refractivity contribution is 0.505. The van der Waals surface area contributed by atoms with Crippen LogP contribution >= 0.6 is 0 Å². The van der Waals surface area contributed by atoms with E-state index in [0.29, 0.717) is 21.8 Å². The maximum atomic E-state index is 13.0. The molecule has 0 aromatic carbocycles. The second-order valence-corrected chi connectivity index (χ2v) is 7.02. The lowest BCUT2D eigenvalue weighted by Gasteiger charge is -2.14. The molecule has 0 saturated heterocycles. The van der Waals surface area contributed by atoms with E-state index in [1.165, 1.54) is 0 Å². The zero-order chi connectivity index (χ0) is 18.4. The first-order chi connectivity index (χ1) is 13.2. The standard InChI is InChI=1S/C21H18N4O2/c26-20-16-13-17-19(8-12-25(21(17)27)15-5-9-22-10-6-15)23-18(16)7-11-24(20)14-3-1-2-4-14/h5-14H,1-4H2. The quantitative estimate of drug-likeness (QED) is 0.516. The van der Waals surface area contributed by atoms with Crippen LogP contribution in [0.15, 0.2) is 64.7 Å². The van der Waals surface area contributed by atoms with Crippen LogP contribution < -0.4 is 11.1 Å². The van der Waals surface area contributed by atoms with Crippen molar-refractivity contribution in [1.82, 2.24) is 19.1 Å². The monoisotopic (exact) mass is 358 g/mol. The summed E-state index contributed by atoms with van der Waals surface area (Å²) in [7, 11) is 0. The van der Waals surface area contributed by atoms with Crippen LogP contribution in [0, 0.1) is 0 Å². The molecule has 0 atom stereocenters. The Hall–Kier alpha value is -3.28. The Morgan fingerprint density at radius 3 is 2.26 bits per heavy atom. The average molecular weight is 358 g/mol. The minimum Gasteiger partial charge on any atom is -0.312 e. The van der Waals surface area contributed by atoms with E-state index in [0.717, 1.165) is 31.4 Å². The topological polar surface area (TPSA) is 69.8 Å². The molecule has 0 N–H and O–H groups in total. The Morgan fingerprint density at radius 2 is 1.52 bits per heavy atom. The van der Waals surface area contributed by atoms with E-state index in [9.17, 15) is 9.59 Å². The Balaban J connectivity index is 1.76. The van der Waals surface area contributed by atoms with Crippen molar-refractivity contribution in [2.24, 2.45) is 0 Å². The van der Waals surface area contributed by atoms with Gasteiger partial charge in [0.05, 0.1) is 27.5 Å². The molecule has 0 aliphatic heterocycles. The fraction of sp³-hybridized carbons (Fsp3) is 0.238. The third-order valence-electron chi connectivity index (χ3n) is 5.43. The van der Waals surface area contributed by atoms with Crippen LogP contribution in [-0.2, 0) is 0 Å².